The van der Waals surface area contributed by atoms with Crippen LogP contribution in [0.2, 0.25) is 0 Å². The van der Waals surface area contributed by atoms with Crippen molar-refractivity contribution in [3.05, 3.63) is 47.5 Å². The Hall–Kier alpha value is -4.19. The van der Waals surface area contributed by atoms with E-state index in [-0.39, 0.29) is 12.5 Å². The van der Waals surface area contributed by atoms with Crippen molar-refractivity contribution < 1.29 is 9.00 Å². The smallest absolute Gasteiger partial charge is 0.244 e. The van der Waals surface area contributed by atoms with Gasteiger partial charge in [0.05, 0.1) is 32.5 Å². The Morgan fingerprint density at radius 3 is 2.86 bits per heavy atom. The van der Waals surface area contributed by atoms with Crippen LogP contribution in [0.3, 0.4) is 0 Å². The average Bonchev–Trinajstić information content (AvgIpc) is 3.32. The van der Waals surface area contributed by atoms with Gasteiger partial charge in [-0.25, -0.2) is 14.2 Å². The third-order valence-electron chi connectivity index (χ3n) is 6.63. The van der Waals surface area contributed by atoms with Crippen LogP contribution in [0.15, 0.2) is 30.6 Å². The first-order valence-electron chi connectivity index (χ1n) is 11.4. The zero-order valence-corrected chi connectivity index (χ0v) is 20.7. The van der Waals surface area contributed by atoms with Crippen LogP contribution in [0.1, 0.15) is 17.0 Å². The molecule has 0 aromatic carbocycles. The molecule has 2 aliphatic heterocycles. The summed E-state index contributed by atoms with van der Waals surface area (Å²) in [6.45, 7) is 2.82. The number of carbonyl (C=O) groups is 1. The zero-order valence-electron chi connectivity index (χ0n) is 19.9. The highest BCUT2D eigenvalue weighted by molar-refractivity contribution is 8.01. The Morgan fingerprint density at radius 1 is 1.19 bits per heavy atom. The second-order valence-corrected chi connectivity index (χ2v) is 11.3. The first-order valence-corrected chi connectivity index (χ1v) is 13.3. The summed E-state index contributed by atoms with van der Waals surface area (Å²) in [5, 5.41) is 9.36. The number of carbonyl (C=O) groups excluding carboxylic acids is 1. The molecule has 0 saturated heterocycles. The molecule has 0 fully saturated rings. The van der Waals surface area contributed by atoms with Gasteiger partial charge in [0.2, 0.25) is 5.91 Å². The summed E-state index contributed by atoms with van der Waals surface area (Å²) >= 11 is 0. The van der Waals surface area contributed by atoms with Gasteiger partial charge in [0.1, 0.15) is 18.2 Å². The van der Waals surface area contributed by atoms with Gasteiger partial charge in [-0.2, -0.15) is 5.10 Å². The summed E-state index contributed by atoms with van der Waals surface area (Å²) in [7, 11) is -0.614. The molecule has 2 aliphatic rings. The zero-order chi connectivity index (χ0) is 25.2. The highest BCUT2D eigenvalue weighted by Crippen LogP contribution is 2.36. The monoisotopic (exact) mass is 503 g/mol. The van der Waals surface area contributed by atoms with Crippen molar-refractivity contribution in [1.82, 2.24) is 29.6 Å². The molecule has 0 bridgehead atoms. The fourth-order valence-corrected chi connectivity index (χ4v) is 6.00. The molecule has 4 aromatic heterocycles. The van der Waals surface area contributed by atoms with Crippen molar-refractivity contribution in [1.29, 1.82) is 0 Å². The average molecular weight is 504 g/mol. The lowest BCUT2D eigenvalue weighted by atomic mass is 10.0. The van der Waals surface area contributed by atoms with E-state index in [2.05, 4.69) is 36.0 Å². The Bertz CT molecular complexity index is 1680. The molecule has 4 N–H and O–H groups in total. The number of aromatic nitrogens is 5. The van der Waals surface area contributed by atoms with Crippen molar-refractivity contribution in [2.75, 3.05) is 29.4 Å². The molecule has 36 heavy (non-hydrogen) atoms. The van der Waals surface area contributed by atoms with Gasteiger partial charge in [-0.3, -0.25) is 14.5 Å². The molecule has 1 unspecified atom stereocenters. The van der Waals surface area contributed by atoms with Crippen molar-refractivity contribution in [3.8, 4) is 11.3 Å². The van der Waals surface area contributed by atoms with Gasteiger partial charge in [0, 0.05) is 55.1 Å². The topological polar surface area (TPSA) is 144 Å². The summed E-state index contributed by atoms with van der Waals surface area (Å²) < 4.78 is 17.2. The SMILES string of the molecule is C=S1(=O)Cc2ncc(-c3cc4cc(Nc5cc6n(n5)CC(=O)N(C)CC6)ncc4c(N)n3)c(C)c2N1. The minimum atomic E-state index is -2.42. The molecular formula is C24H25N9O2S. The first-order chi connectivity index (χ1) is 17.2. The molecule has 6 heterocycles. The predicted molar refractivity (Wildman–Crippen MR) is 141 cm³/mol. The van der Waals surface area contributed by atoms with Crippen molar-refractivity contribution in [2.24, 2.45) is 0 Å². The molecule has 11 nitrogen and oxygen atoms in total. The summed E-state index contributed by atoms with van der Waals surface area (Å²) in [6, 6.07) is 5.76. The summed E-state index contributed by atoms with van der Waals surface area (Å²) in [5.41, 5.74) is 11.1. The van der Waals surface area contributed by atoms with E-state index in [4.69, 9.17) is 5.73 Å². The molecule has 0 aliphatic carbocycles. The van der Waals surface area contributed by atoms with Gasteiger partial charge in [-0.1, -0.05) is 0 Å². The summed E-state index contributed by atoms with van der Waals surface area (Å²) in [5.74, 6) is 5.67. The number of hydrogen-bond donors (Lipinski definition) is 3. The largest absolute Gasteiger partial charge is 0.383 e. The minimum Gasteiger partial charge on any atom is -0.383 e. The molecule has 0 spiro atoms. The van der Waals surface area contributed by atoms with Crippen molar-refractivity contribution in [3.63, 3.8) is 0 Å². The number of anilines is 4. The lowest BCUT2D eigenvalue weighted by Crippen LogP contribution is -2.29. The number of rotatable bonds is 3. The van der Waals surface area contributed by atoms with E-state index in [9.17, 15) is 9.00 Å². The van der Waals surface area contributed by atoms with Gasteiger partial charge in [0.25, 0.3) is 0 Å². The Kier molecular flexibility index (Phi) is 4.90. The van der Waals surface area contributed by atoms with E-state index in [1.165, 1.54) is 0 Å². The molecular weight excluding hydrogens is 478 g/mol. The lowest BCUT2D eigenvalue weighted by Gasteiger charge is -2.12. The van der Waals surface area contributed by atoms with Crippen LogP contribution in [-0.4, -0.2) is 59.2 Å². The maximum absolute atomic E-state index is 12.4. The number of pyridine rings is 3. The highest BCUT2D eigenvalue weighted by atomic mass is 32.2. The second-order valence-electron chi connectivity index (χ2n) is 9.23. The number of hydrogen-bond acceptors (Lipinski definition) is 8. The van der Waals surface area contributed by atoms with Gasteiger partial charge in [-0.05, 0) is 35.9 Å². The van der Waals surface area contributed by atoms with E-state index < -0.39 is 9.71 Å². The quantitative estimate of drug-likeness (QED) is 0.361. The van der Waals surface area contributed by atoms with E-state index >= 15 is 0 Å². The number of nitrogens with two attached hydrogens (primary N) is 1. The molecule has 184 valence electrons. The van der Waals surface area contributed by atoms with E-state index in [0.29, 0.717) is 35.4 Å². The number of nitrogens with zero attached hydrogens (tertiary/aromatic N) is 6. The van der Waals surface area contributed by atoms with Crippen LogP contribution < -0.4 is 15.8 Å². The Balaban J connectivity index is 1.34. The van der Waals surface area contributed by atoms with Crippen LogP contribution in [-0.2, 0) is 33.2 Å². The predicted octanol–water partition coefficient (Wildman–Crippen LogP) is 2.09. The first kappa shape index (κ1) is 22.3. The number of amides is 1. The second kappa shape index (κ2) is 7.92. The number of fused-ring (bicyclic) bond motifs is 3. The Morgan fingerprint density at radius 2 is 2.03 bits per heavy atom. The fraction of sp³-hybridized carbons (Fsp3) is 0.250. The highest BCUT2D eigenvalue weighted by Gasteiger charge is 2.24. The van der Waals surface area contributed by atoms with Gasteiger partial charge in [-0.15, -0.1) is 0 Å². The maximum Gasteiger partial charge on any atom is 0.244 e. The third kappa shape index (κ3) is 3.79. The maximum atomic E-state index is 12.4. The fourth-order valence-electron chi connectivity index (χ4n) is 4.62. The number of nitrogens with one attached hydrogen (secondary N) is 2. The Labute approximate surface area is 207 Å². The third-order valence-corrected chi connectivity index (χ3v) is 7.95. The van der Waals surface area contributed by atoms with E-state index in [1.807, 2.05) is 25.1 Å². The van der Waals surface area contributed by atoms with Gasteiger partial charge in [0.15, 0.2) is 5.82 Å². The van der Waals surface area contributed by atoms with E-state index in [0.717, 1.165) is 45.4 Å². The molecule has 12 heteroatoms. The van der Waals surface area contributed by atoms with Crippen LogP contribution in [0.25, 0.3) is 22.0 Å². The molecule has 6 rings (SSSR count). The lowest BCUT2D eigenvalue weighted by molar-refractivity contribution is -0.130. The van der Waals surface area contributed by atoms with Crippen LogP contribution in [0, 0.1) is 6.92 Å². The standard InChI is InChI=1S/C24H25N9O2S/c1-13-16(9-26-19-12-36(3,35)31-23(13)19)18-6-14-7-20(27-10-17(14)24(25)28-18)29-21-8-15-4-5-32(2)22(34)11-33(15)30-21/h6-10H,3-5,11-12H2,1-2H3,(H2,25,28)(H,31,35)(H,27,29,30). The minimum absolute atomic E-state index is 0.0341. The molecule has 0 radical (unpaired) electrons. The van der Waals surface area contributed by atoms with Gasteiger partial charge < -0.3 is 20.7 Å². The van der Waals surface area contributed by atoms with Crippen LogP contribution >= 0.6 is 0 Å². The van der Waals surface area contributed by atoms with Crippen molar-refractivity contribution in [2.45, 2.75) is 25.6 Å². The van der Waals surface area contributed by atoms with Crippen LogP contribution in [0.5, 0.6) is 0 Å². The molecule has 1 atom stereocenters. The van der Waals surface area contributed by atoms with Crippen LogP contribution in [0.4, 0.5) is 23.1 Å². The molecule has 4 aromatic rings. The van der Waals surface area contributed by atoms with Gasteiger partial charge >= 0.3 is 0 Å². The normalized spacial score (nSPS) is 19.1. The molecule has 1 amide bonds. The summed E-state index contributed by atoms with van der Waals surface area (Å²) in [4.78, 5) is 27.5. The molecule has 0 saturated carbocycles. The van der Waals surface area contributed by atoms with E-state index in [1.54, 1.807) is 29.0 Å². The number of likely N-dealkylation sites (N-methyl/N-ethyl adjacent to an activating group) is 1. The summed E-state index contributed by atoms with van der Waals surface area (Å²) in [6.07, 6.45) is 4.15. The number of nitrogen functional groups attached to an aromatic ring is 1. The van der Waals surface area contributed by atoms with Crippen molar-refractivity contribution >= 4 is 55.4 Å².